The van der Waals surface area contributed by atoms with E-state index in [-0.39, 0.29) is 12.1 Å². The average molecular weight is 252 g/mol. The minimum atomic E-state index is -0.347. The van der Waals surface area contributed by atoms with Crippen LogP contribution in [0.3, 0.4) is 0 Å². The molecule has 14 heavy (non-hydrogen) atoms. The molecule has 2 radical (unpaired) electrons. The van der Waals surface area contributed by atoms with E-state index in [0.717, 1.165) is 9.91 Å². The molecule has 0 aromatic heterocycles. The maximum atomic E-state index is 11.3. The fraction of sp³-hybridized carbons (Fsp3) is 0.300. The molecule has 2 rings (SSSR count). The molecule has 3 nitrogen and oxygen atoms in total. The van der Waals surface area contributed by atoms with E-state index in [1.54, 1.807) is 6.07 Å². The SMILES string of the molecule is COC(=O)c1ccc([As])c2c1OC2C. The van der Waals surface area contributed by atoms with Gasteiger partial charge in [-0.1, -0.05) is 0 Å². The zero-order valence-electron chi connectivity index (χ0n) is 7.90. The Balaban J connectivity index is 2.51. The second-order valence-electron chi connectivity index (χ2n) is 3.13. The van der Waals surface area contributed by atoms with Crippen LogP contribution in [0.1, 0.15) is 28.9 Å². The van der Waals surface area contributed by atoms with Crippen LogP contribution in [0, 0.1) is 0 Å². The molecule has 1 aromatic carbocycles. The molecule has 1 heterocycles. The van der Waals surface area contributed by atoms with Crippen molar-refractivity contribution >= 4 is 27.2 Å². The Hall–Kier alpha value is -0.952. The molecule has 1 aromatic rings. The predicted molar refractivity (Wildman–Crippen MR) is 52.2 cm³/mol. The van der Waals surface area contributed by atoms with Gasteiger partial charge in [0.1, 0.15) is 0 Å². The fourth-order valence-electron chi connectivity index (χ4n) is 1.56. The summed E-state index contributed by atoms with van der Waals surface area (Å²) in [7, 11) is 1.37. The van der Waals surface area contributed by atoms with Gasteiger partial charge >= 0.3 is 90.6 Å². The molecule has 72 valence electrons. The number of benzene rings is 1. The van der Waals surface area contributed by atoms with E-state index in [1.165, 1.54) is 7.11 Å². The standard InChI is InChI=1S/C10H9AsO3/c1-5-8-7(11)4-3-6(9(8)14-5)10(12)13-2/h3-5H,1-2H3. The third-order valence-electron chi connectivity index (χ3n) is 2.28. The molecule has 0 saturated carbocycles. The third kappa shape index (κ3) is 1.24. The van der Waals surface area contributed by atoms with Gasteiger partial charge in [-0.2, -0.15) is 0 Å². The monoisotopic (exact) mass is 252 g/mol. The van der Waals surface area contributed by atoms with Crippen LogP contribution in [0.15, 0.2) is 12.1 Å². The van der Waals surface area contributed by atoms with Crippen molar-refractivity contribution in [2.24, 2.45) is 0 Å². The van der Waals surface area contributed by atoms with Crippen LogP contribution in [-0.2, 0) is 4.74 Å². The van der Waals surface area contributed by atoms with Crippen LogP contribution in [0.5, 0.6) is 5.75 Å². The second-order valence-corrected chi connectivity index (χ2v) is 4.14. The fourth-order valence-corrected chi connectivity index (χ4v) is 2.31. The van der Waals surface area contributed by atoms with Gasteiger partial charge in [-0.25, -0.2) is 0 Å². The maximum absolute atomic E-state index is 11.3. The molecule has 4 heteroatoms. The van der Waals surface area contributed by atoms with Gasteiger partial charge in [-0.3, -0.25) is 0 Å². The van der Waals surface area contributed by atoms with E-state index in [9.17, 15) is 4.79 Å². The van der Waals surface area contributed by atoms with Gasteiger partial charge in [0.15, 0.2) is 0 Å². The van der Waals surface area contributed by atoms with Crippen LogP contribution >= 0.6 is 0 Å². The number of esters is 1. The van der Waals surface area contributed by atoms with Crippen molar-refractivity contribution in [3.63, 3.8) is 0 Å². The van der Waals surface area contributed by atoms with Gasteiger partial charge in [-0.15, -0.1) is 0 Å². The third-order valence-corrected chi connectivity index (χ3v) is 3.10. The topological polar surface area (TPSA) is 35.5 Å². The molecule has 1 aliphatic rings. The van der Waals surface area contributed by atoms with Crippen molar-refractivity contribution in [1.29, 1.82) is 0 Å². The first-order chi connectivity index (χ1) is 6.65. The van der Waals surface area contributed by atoms with E-state index in [1.807, 2.05) is 13.0 Å². The first kappa shape index (κ1) is 9.60. The molecule has 1 atom stereocenters. The number of fused-ring (bicyclic) bond motifs is 1. The molecule has 1 unspecified atom stereocenters. The van der Waals surface area contributed by atoms with Crippen LogP contribution < -0.4 is 9.09 Å². The predicted octanol–water partition coefficient (Wildman–Crippen LogP) is 0.720. The van der Waals surface area contributed by atoms with E-state index in [0.29, 0.717) is 11.3 Å². The molecule has 0 fully saturated rings. The van der Waals surface area contributed by atoms with Gasteiger partial charge in [-0.05, 0) is 0 Å². The van der Waals surface area contributed by atoms with Crippen molar-refractivity contribution in [1.82, 2.24) is 0 Å². The van der Waals surface area contributed by atoms with Crippen LogP contribution in [0.2, 0.25) is 0 Å². The minimum absolute atomic E-state index is 0.0766. The van der Waals surface area contributed by atoms with Crippen molar-refractivity contribution in [2.45, 2.75) is 13.0 Å². The molecule has 0 N–H and O–H groups in total. The van der Waals surface area contributed by atoms with Crippen LogP contribution in [0.4, 0.5) is 0 Å². The summed E-state index contributed by atoms with van der Waals surface area (Å²) in [4.78, 5) is 11.3. The molecule has 0 bridgehead atoms. The number of carbonyl (C=O) groups is 1. The Bertz CT molecular complexity index is 401. The number of carbonyl (C=O) groups excluding carboxylic acids is 1. The summed E-state index contributed by atoms with van der Waals surface area (Å²) >= 11 is 2.48. The molecular weight excluding hydrogens is 243 g/mol. The molecule has 0 aliphatic carbocycles. The van der Waals surface area contributed by atoms with Gasteiger partial charge < -0.3 is 0 Å². The second kappa shape index (κ2) is 3.32. The molecule has 0 amide bonds. The van der Waals surface area contributed by atoms with Crippen molar-refractivity contribution in [3.05, 3.63) is 23.3 Å². The number of methoxy groups -OCH3 is 1. The first-order valence-electron chi connectivity index (χ1n) is 4.26. The van der Waals surface area contributed by atoms with E-state index in [4.69, 9.17) is 4.74 Å². The summed E-state index contributed by atoms with van der Waals surface area (Å²) in [5.41, 5.74) is 1.60. The Labute approximate surface area is 90.9 Å². The first-order valence-corrected chi connectivity index (χ1v) is 5.19. The number of ether oxygens (including phenoxy) is 2. The zero-order valence-corrected chi connectivity index (χ0v) is 9.78. The van der Waals surface area contributed by atoms with Crippen LogP contribution in [-0.4, -0.2) is 29.9 Å². The summed E-state index contributed by atoms with van der Waals surface area (Å²) in [6.45, 7) is 1.96. The molecular formula is C10H9AsO3. The van der Waals surface area contributed by atoms with E-state index < -0.39 is 0 Å². The summed E-state index contributed by atoms with van der Waals surface area (Å²) in [6, 6.07) is 3.62. The van der Waals surface area contributed by atoms with Gasteiger partial charge in [0.25, 0.3) is 0 Å². The number of hydrogen-bond acceptors (Lipinski definition) is 3. The number of hydrogen-bond donors (Lipinski definition) is 0. The summed E-state index contributed by atoms with van der Waals surface area (Å²) < 4.78 is 11.2. The Morgan fingerprint density at radius 3 is 2.86 bits per heavy atom. The Kier molecular flexibility index (Phi) is 2.28. The normalized spacial score (nSPS) is 17.8. The molecule has 1 aliphatic heterocycles. The van der Waals surface area contributed by atoms with Gasteiger partial charge in [0.2, 0.25) is 0 Å². The van der Waals surface area contributed by atoms with Crippen LogP contribution in [0.25, 0.3) is 0 Å². The van der Waals surface area contributed by atoms with E-state index >= 15 is 0 Å². The number of rotatable bonds is 1. The average Bonchev–Trinajstić information content (AvgIpc) is 2.15. The van der Waals surface area contributed by atoms with Crippen molar-refractivity contribution < 1.29 is 14.3 Å². The summed E-state index contributed by atoms with van der Waals surface area (Å²) in [6.07, 6.45) is 0.0766. The van der Waals surface area contributed by atoms with Crippen molar-refractivity contribution in [3.8, 4) is 5.75 Å². The Morgan fingerprint density at radius 1 is 1.57 bits per heavy atom. The Morgan fingerprint density at radius 2 is 2.29 bits per heavy atom. The molecule has 0 spiro atoms. The molecule has 0 saturated heterocycles. The summed E-state index contributed by atoms with van der Waals surface area (Å²) in [5.74, 6) is 0.322. The quantitative estimate of drug-likeness (QED) is 0.545. The van der Waals surface area contributed by atoms with Crippen molar-refractivity contribution in [2.75, 3.05) is 7.11 Å². The van der Waals surface area contributed by atoms with E-state index in [2.05, 4.69) is 21.6 Å². The zero-order chi connectivity index (χ0) is 10.3. The van der Waals surface area contributed by atoms with Gasteiger partial charge in [0, 0.05) is 0 Å². The summed E-state index contributed by atoms with van der Waals surface area (Å²) in [5, 5.41) is 0. The van der Waals surface area contributed by atoms with Gasteiger partial charge in [0.05, 0.1) is 0 Å².